The maximum Gasteiger partial charge on any atom is 0.248 e. The standard InChI is InChI=1S/C20H21Cl2N7/c1-27-11-15-9-14(27)12-28(15)17-7-3-2-5-13(17)10-23-20-24-25-26-29(20)18-8-4-6-16(21)19(18)22/h2-8,14-15H,9-12H2,1H3,(H,23,24,26). The lowest BCUT2D eigenvalue weighted by molar-refractivity contribution is 0.292. The van der Waals surface area contributed by atoms with Crippen molar-refractivity contribution < 1.29 is 0 Å². The third kappa shape index (κ3) is 3.33. The van der Waals surface area contributed by atoms with Crippen molar-refractivity contribution in [2.75, 3.05) is 30.4 Å². The van der Waals surface area contributed by atoms with E-state index in [9.17, 15) is 0 Å². The van der Waals surface area contributed by atoms with Crippen molar-refractivity contribution in [2.24, 2.45) is 0 Å². The molecule has 2 aliphatic rings. The molecule has 2 saturated heterocycles. The maximum absolute atomic E-state index is 6.35. The van der Waals surface area contributed by atoms with E-state index in [1.54, 1.807) is 10.7 Å². The molecule has 29 heavy (non-hydrogen) atoms. The van der Waals surface area contributed by atoms with Crippen LogP contribution in [-0.4, -0.2) is 57.3 Å². The lowest BCUT2D eigenvalue weighted by Gasteiger charge is -2.34. The number of aromatic nitrogens is 4. The Morgan fingerprint density at radius 1 is 1.03 bits per heavy atom. The Morgan fingerprint density at radius 3 is 2.66 bits per heavy atom. The molecule has 2 atom stereocenters. The Morgan fingerprint density at radius 2 is 1.86 bits per heavy atom. The molecule has 0 saturated carbocycles. The number of nitrogens with zero attached hydrogens (tertiary/aromatic N) is 6. The molecule has 1 aromatic heterocycles. The van der Waals surface area contributed by atoms with E-state index >= 15 is 0 Å². The SMILES string of the molecule is CN1CC2CC1CN2c1ccccc1CNc1nnnn1-c1cccc(Cl)c1Cl. The minimum absolute atomic E-state index is 0.419. The fraction of sp³-hybridized carbons (Fsp3) is 0.350. The molecule has 7 nitrogen and oxygen atoms in total. The number of tetrazole rings is 1. The van der Waals surface area contributed by atoms with Gasteiger partial charge in [0.15, 0.2) is 0 Å². The summed E-state index contributed by atoms with van der Waals surface area (Å²) in [5.74, 6) is 0.520. The van der Waals surface area contributed by atoms with Crippen molar-refractivity contribution in [3.63, 3.8) is 0 Å². The van der Waals surface area contributed by atoms with Crippen molar-refractivity contribution in [1.82, 2.24) is 25.1 Å². The van der Waals surface area contributed by atoms with Gasteiger partial charge in [-0.2, -0.15) is 4.68 Å². The molecule has 1 N–H and O–H groups in total. The quantitative estimate of drug-likeness (QED) is 0.669. The maximum atomic E-state index is 6.35. The second-order valence-electron chi connectivity index (χ2n) is 7.60. The summed E-state index contributed by atoms with van der Waals surface area (Å²) in [6.07, 6.45) is 1.24. The molecule has 150 valence electrons. The highest BCUT2D eigenvalue weighted by Crippen LogP contribution is 2.35. The van der Waals surface area contributed by atoms with Gasteiger partial charge in [0.25, 0.3) is 0 Å². The number of piperazine rings is 1. The zero-order chi connectivity index (χ0) is 20.0. The van der Waals surface area contributed by atoms with Crippen LogP contribution in [0.2, 0.25) is 10.0 Å². The molecule has 2 unspecified atom stereocenters. The van der Waals surface area contributed by atoms with Gasteiger partial charge in [0, 0.05) is 37.4 Å². The summed E-state index contributed by atoms with van der Waals surface area (Å²) in [6.45, 7) is 2.81. The van der Waals surface area contributed by atoms with Gasteiger partial charge in [0.05, 0.1) is 15.7 Å². The third-order valence-corrected chi connectivity index (χ3v) is 6.69. The van der Waals surface area contributed by atoms with Crippen LogP contribution < -0.4 is 10.2 Å². The number of hydrogen-bond donors (Lipinski definition) is 1. The number of hydrogen-bond acceptors (Lipinski definition) is 6. The van der Waals surface area contributed by atoms with Gasteiger partial charge in [-0.25, -0.2) is 0 Å². The number of nitrogens with one attached hydrogen (secondary N) is 1. The smallest absolute Gasteiger partial charge is 0.248 e. The van der Waals surface area contributed by atoms with E-state index in [0.717, 1.165) is 13.1 Å². The van der Waals surface area contributed by atoms with E-state index < -0.39 is 0 Å². The molecule has 0 aliphatic carbocycles. The van der Waals surface area contributed by atoms with E-state index in [1.165, 1.54) is 17.7 Å². The van der Waals surface area contributed by atoms with E-state index in [1.807, 2.05) is 12.1 Å². The number of likely N-dealkylation sites (tertiary alicyclic amines) is 1. The fourth-order valence-electron chi connectivity index (χ4n) is 4.39. The number of fused-ring (bicyclic) bond motifs is 2. The summed E-state index contributed by atoms with van der Waals surface area (Å²) < 4.78 is 1.57. The van der Waals surface area contributed by atoms with Crippen LogP contribution in [0.4, 0.5) is 11.6 Å². The summed E-state index contributed by atoms with van der Waals surface area (Å²) in [6, 6.07) is 15.2. The van der Waals surface area contributed by atoms with Gasteiger partial charge < -0.3 is 10.2 Å². The lowest BCUT2D eigenvalue weighted by atomic mass is 10.1. The van der Waals surface area contributed by atoms with E-state index in [-0.39, 0.29) is 0 Å². The second-order valence-corrected chi connectivity index (χ2v) is 8.39. The molecule has 2 aliphatic heterocycles. The highest BCUT2D eigenvalue weighted by molar-refractivity contribution is 6.43. The fourth-order valence-corrected chi connectivity index (χ4v) is 4.77. The summed E-state index contributed by atoms with van der Waals surface area (Å²) in [5.41, 5.74) is 3.13. The van der Waals surface area contributed by atoms with Gasteiger partial charge in [-0.1, -0.05) is 52.6 Å². The summed E-state index contributed by atoms with van der Waals surface area (Å²) in [5, 5.41) is 16.2. The molecule has 2 bridgehead atoms. The largest absolute Gasteiger partial charge is 0.365 e. The molecule has 0 amide bonds. The van der Waals surface area contributed by atoms with Gasteiger partial charge >= 0.3 is 0 Å². The third-order valence-electron chi connectivity index (χ3n) is 5.88. The number of anilines is 2. The van der Waals surface area contributed by atoms with Crippen LogP contribution in [0.5, 0.6) is 0 Å². The molecule has 0 spiro atoms. The van der Waals surface area contributed by atoms with Gasteiger partial charge in [0.2, 0.25) is 5.95 Å². The number of rotatable bonds is 5. The van der Waals surface area contributed by atoms with Crippen LogP contribution in [0.1, 0.15) is 12.0 Å². The molecule has 3 heterocycles. The molecule has 2 fully saturated rings. The summed E-state index contributed by atoms with van der Waals surface area (Å²) >= 11 is 12.5. The monoisotopic (exact) mass is 429 g/mol. The zero-order valence-electron chi connectivity index (χ0n) is 16.0. The normalized spacial score (nSPS) is 21.1. The average molecular weight is 430 g/mol. The summed E-state index contributed by atoms with van der Waals surface area (Å²) in [4.78, 5) is 5.00. The van der Waals surface area contributed by atoms with Gasteiger partial charge in [0.1, 0.15) is 0 Å². The first-order valence-corrected chi connectivity index (χ1v) is 10.4. The molecule has 0 radical (unpaired) electrons. The topological polar surface area (TPSA) is 62.1 Å². The second kappa shape index (κ2) is 7.48. The summed E-state index contributed by atoms with van der Waals surface area (Å²) in [7, 11) is 2.22. The van der Waals surface area contributed by atoms with Crippen LogP contribution in [0.25, 0.3) is 5.69 Å². The first kappa shape index (κ1) is 18.7. The van der Waals surface area contributed by atoms with E-state index in [0.29, 0.717) is 40.3 Å². The Hall–Kier alpha value is -2.35. The van der Waals surface area contributed by atoms with Crippen LogP contribution >= 0.6 is 23.2 Å². The van der Waals surface area contributed by atoms with Crippen LogP contribution in [0.15, 0.2) is 42.5 Å². The molecule has 9 heteroatoms. The van der Waals surface area contributed by atoms with E-state index in [2.05, 4.69) is 62.0 Å². The number of para-hydroxylation sites is 1. The minimum atomic E-state index is 0.419. The molecule has 3 aromatic rings. The highest BCUT2D eigenvalue weighted by Gasteiger charge is 2.41. The van der Waals surface area contributed by atoms with Crippen molar-refractivity contribution in [1.29, 1.82) is 0 Å². The predicted octanol–water partition coefficient (Wildman–Crippen LogP) is 3.47. The first-order chi connectivity index (χ1) is 14.1. The Labute approximate surface area is 179 Å². The number of likely N-dealkylation sites (N-methyl/N-ethyl adjacent to an activating group) is 1. The molecule has 5 rings (SSSR count). The van der Waals surface area contributed by atoms with Gasteiger partial charge in [-0.3, -0.25) is 4.90 Å². The Bertz CT molecular complexity index is 1040. The Kier molecular flexibility index (Phi) is 4.81. The lowest BCUT2D eigenvalue weighted by Crippen LogP contribution is -2.44. The van der Waals surface area contributed by atoms with Crippen molar-refractivity contribution in [2.45, 2.75) is 25.0 Å². The average Bonchev–Trinajstić information content (AvgIpc) is 3.44. The number of benzene rings is 2. The molecule has 2 aromatic carbocycles. The number of halogens is 2. The molecular formula is C20H21Cl2N7. The van der Waals surface area contributed by atoms with Crippen molar-refractivity contribution >= 4 is 34.8 Å². The highest BCUT2D eigenvalue weighted by atomic mass is 35.5. The van der Waals surface area contributed by atoms with Crippen molar-refractivity contribution in [3.8, 4) is 5.69 Å². The first-order valence-electron chi connectivity index (χ1n) is 9.63. The zero-order valence-corrected chi connectivity index (χ0v) is 17.5. The Balaban J connectivity index is 1.38. The van der Waals surface area contributed by atoms with Gasteiger partial charge in [-0.05, 0) is 47.7 Å². The van der Waals surface area contributed by atoms with Crippen molar-refractivity contribution in [3.05, 3.63) is 58.1 Å². The molecular weight excluding hydrogens is 409 g/mol. The minimum Gasteiger partial charge on any atom is -0.365 e. The van der Waals surface area contributed by atoms with Gasteiger partial charge in [-0.15, -0.1) is 0 Å². The van der Waals surface area contributed by atoms with E-state index in [4.69, 9.17) is 23.2 Å². The van der Waals surface area contributed by atoms with Crippen LogP contribution in [-0.2, 0) is 6.54 Å². The van der Waals surface area contributed by atoms with Crippen LogP contribution in [0.3, 0.4) is 0 Å². The van der Waals surface area contributed by atoms with Crippen LogP contribution in [0, 0.1) is 0 Å². The predicted molar refractivity (Wildman–Crippen MR) is 115 cm³/mol.